The molecule has 2 heterocycles. The van der Waals surface area contributed by atoms with Crippen LogP contribution >= 0.6 is 11.8 Å². The molecular formula is C14H22N4O3S. The molecule has 1 aromatic heterocycles. The molecule has 0 bridgehead atoms. The molecule has 7 nitrogen and oxygen atoms in total. The van der Waals surface area contributed by atoms with Crippen molar-refractivity contribution in [2.45, 2.75) is 37.8 Å². The number of hydrogen-bond acceptors (Lipinski definition) is 5. The fraction of sp³-hybridized carbons (Fsp3) is 0.643. The standard InChI is InChI=1S/C14H22N4O3S/c1-14(2,3)18-11(9-7-22-8-10(9)17-18)16-13(20)12(19)15-5-6-21-4/h5-8H2,1-4H3,(H,15,19)(H,16,20). The van der Waals surface area contributed by atoms with E-state index in [0.29, 0.717) is 19.0 Å². The third kappa shape index (κ3) is 3.61. The van der Waals surface area contributed by atoms with Crippen molar-refractivity contribution in [2.24, 2.45) is 0 Å². The molecule has 22 heavy (non-hydrogen) atoms. The van der Waals surface area contributed by atoms with Gasteiger partial charge in [-0.2, -0.15) is 16.9 Å². The van der Waals surface area contributed by atoms with E-state index in [1.807, 2.05) is 20.8 Å². The van der Waals surface area contributed by atoms with Crippen LogP contribution in [-0.2, 0) is 31.4 Å². The lowest BCUT2D eigenvalue weighted by Crippen LogP contribution is -2.38. The summed E-state index contributed by atoms with van der Waals surface area (Å²) in [7, 11) is 1.54. The summed E-state index contributed by atoms with van der Waals surface area (Å²) in [5.41, 5.74) is 1.72. The van der Waals surface area contributed by atoms with Gasteiger partial charge in [0.05, 0.1) is 17.8 Å². The van der Waals surface area contributed by atoms with Crippen LogP contribution in [-0.4, -0.2) is 41.9 Å². The van der Waals surface area contributed by atoms with Crippen molar-refractivity contribution < 1.29 is 14.3 Å². The zero-order valence-corrected chi connectivity index (χ0v) is 14.2. The maximum Gasteiger partial charge on any atom is 0.314 e. The molecule has 2 N–H and O–H groups in total. The van der Waals surface area contributed by atoms with Crippen LogP contribution < -0.4 is 10.6 Å². The average Bonchev–Trinajstić information content (AvgIpc) is 3.00. The number of anilines is 1. The minimum Gasteiger partial charge on any atom is -0.383 e. The lowest BCUT2D eigenvalue weighted by Gasteiger charge is -2.23. The van der Waals surface area contributed by atoms with Crippen molar-refractivity contribution in [2.75, 3.05) is 25.6 Å². The van der Waals surface area contributed by atoms with Crippen LogP contribution in [0.1, 0.15) is 32.0 Å². The molecule has 1 aliphatic heterocycles. The third-order valence-corrected chi connectivity index (χ3v) is 4.19. The van der Waals surface area contributed by atoms with Crippen molar-refractivity contribution in [1.82, 2.24) is 15.1 Å². The highest BCUT2D eigenvalue weighted by Crippen LogP contribution is 2.37. The largest absolute Gasteiger partial charge is 0.383 e. The highest BCUT2D eigenvalue weighted by Gasteiger charge is 2.29. The van der Waals surface area contributed by atoms with Crippen LogP contribution in [0.4, 0.5) is 5.82 Å². The number of thioether (sulfide) groups is 1. The molecule has 2 amide bonds. The normalized spacial score (nSPS) is 13.8. The van der Waals surface area contributed by atoms with Crippen LogP contribution in [0.3, 0.4) is 0 Å². The van der Waals surface area contributed by atoms with E-state index in [1.165, 1.54) is 7.11 Å². The minimum atomic E-state index is -0.679. The Balaban J connectivity index is 2.15. The fourth-order valence-corrected chi connectivity index (χ4v) is 3.17. The topological polar surface area (TPSA) is 85.2 Å². The lowest BCUT2D eigenvalue weighted by atomic mass is 10.1. The molecule has 0 spiro atoms. The van der Waals surface area contributed by atoms with Crippen molar-refractivity contribution in [3.8, 4) is 0 Å². The number of methoxy groups -OCH3 is 1. The number of nitrogens with one attached hydrogen (secondary N) is 2. The Bertz CT molecular complexity index is 577. The van der Waals surface area contributed by atoms with E-state index in [4.69, 9.17) is 4.74 Å². The Morgan fingerprint density at radius 3 is 2.68 bits per heavy atom. The second-order valence-electron chi connectivity index (χ2n) is 6.05. The second kappa shape index (κ2) is 6.70. The quantitative estimate of drug-likeness (QED) is 0.639. The van der Waals surface area contributed by atoms with Crippen LogP contribution in [0.25, 0.3) is 0 Å². The number of fused-ring (bicyclic) bond motifs is 1. The molecule has 0 fully saturated rings. The van der Waals surface area contributed by atoms with E-state index in [9.17, 15) is 9.59 Å². The van der Waals surface area contributed by atoms with Gasteiger partial charge in [0.1, 0.15) is 5.82 Å². The van der Waals surface area contributed by atoms with Gasteiger partial charge >= 0.3 is 11.8 Å². The van der Waals surface area contributed by atoms with Gasteiger partial charge in [-0.1, -0.05) is 0 Å². The number of carbonyl (C=O) groups excluding carboxylic acids is 2. The monoisotopic (exact) mass is 326 g/mol. The number of aromatic nitrogens is 2. The van der Waals surface area contributed by atoms with Crippen LogP contribution in [0, 0.1) is 0 Å². The maximum absolute atomic E-state index is 12.1. The first kappa shape index (κ1) is 16.8. The number of ether oxygens (including phenoxy) is 1. The first-order valence-electron chi connectivity index (χ1n) is 7.11. The molecule has 1 aliphatic rings. The van der Waals surface area contributed by atoms with Gasteiger partial charge in [0.15, 0.2) is 0 Å². The Morgan fingerprint density at radius 1 is 1.32 bits per heavy atom. The Kier molecular flexibility index (Phi) is 5.12. The van der Waals surface area contributed by atoms with Crippen LogP contribution in [0.5, 0.6) is 0 Å². The molecule has 1 aromatic rings. The zero-order valence-electron chi connectivity index (χ0n) is 13.4. The summed E-state index contributed by atoms with van der Waals surface area (Å²) >= 11 is 1.75. The number of nitrogens with zero attached hydrogens (tertiary/aromatic N) is 2. The highest BCUT2D eigenvalue weighted by molar-refractivity contribution is 7.98. The van der Waals surface area contributed by atoms with E-state index in [0.717, 1.165) is 22.8 Å². The van der Waals surface area contributed by atoms with Crippen LogP contribution in [0.2, 0.25) is 0 Å². The predicted octanol–water partition coefficient (Wildman–Crippen LogP) is 1.09. The van der Waals surface area contributed by atoms with Gasteiger partial charge in [-0.15, -0.1) is 0 Å². The van der Waals surface area contributed by atoms with Gasteiger partial charge < -0.3 is 15.4 Å². The number of hydrogen-bond donors (Lipinski definition) is 2. The average molecular weight is 326 g/mol. The van der Waals surface area contributed by atoms with Gasteiger partial charge in [0, 0.05) is 30.7 Å². The number of rotatable bonds is 4. The molecule has 0 saturated carbocycles. The van der Waals surface area contributed by atoms with Crippen LogP contribution in [0.15, 0.2) is 0 Å². The molecule has 0 unspecified atom stereocenters. The van der Waals surface area contributed by atoms with Gasteiger partial charge in [0.25, 0.3) is 0 Å². The predicted molar refractivity (Wildman–Crippen MR) is 85.7 cm³/mol. The van der Waals surface area contributed by atoms with Gasteiger partial charge in [-0.25, -0.2) is 4.68 Å². The molecule has 0 aliphatic carbocycles. The number of amides is 2. The summed E-state index contributed by atoms with van der Waals surface area (Å²) in [6, 6.07) is 0. The van der Waals surface area contributed by atoms with Gasteiger partial charge in [0.2, 0.25) is 0 Å². The SMILES string of the molecule is COCCNC(=O)C(=O)Nc1c2c(nn1C(C)(C)C)CSC2. The fourth-order valence-electron chi connectivity index (χ4n) is 2.14. The molecular weight excluding hydrogens is 304 g/mol. The minimum absolute atomic E-state index is 0.274. The molecule has 0 atom stereocenters. The molecule has 8 heteroatoms. The summed E-state index contributed by atoms with van der Waals surface area (Å²) in [4.78, 5) is 23.9. The summed E-state index contributed by atoms with van der Waals surface area (Å²) in [6.45, 7) is 6.70. The summed E-state index contributed by atoms with van der Waals surface area (Å²) in [5, 5.41) is 9.81. The lowest BCUT2D eigenvalue weighted by molar-refractivity contribution is -0.136. The summed E-state index contributed by atoms with van der Waals surface area (Å²) < 4.78 is 6.63. The zero-order chi connectivity index (χ0) is 16.3. The van der Waals surface area contributed by atoms with E-state index in [-0.39, 0.29) is 5.54 Å². The molecule has 2 rings (SSSR count). The van der Waals surface area contributed by atoms with E-state index >= 15 is 0 Å². The Morgan fingerprint density at radius 2 is 2.05 bits per heavy atom. The molecule has 0 radical (unpaired) electrons. The number of carbonyl (C=O) groups is 2. The molecule has 0 saturated heterocycles. The molecule has 122 valence electrons. The van der Waals surface area contributed by atoms with Gasteiger partial charge in [-0.05, 0) is 20.8 Å². The summed E-state index contributed by atoms with van der Waals surface area (Å²) in [5.74, 6) is 0.909. The first-order chi connectivity index (χ1) is 10.3. The van der Waals surface area contributed by atoms with E-state index in [2.05, 4.69) is 15.7 Å². The first-order valence-corrected chi connectivity index (χ1v) is 8.27. The van der Waals surface area contributed by atoms with Gasteiger partial charge in [-0.3, -0.25) is 9.59 Å². The highest BCUT2D eigenvalue weighted by atomic mass is 32.2. The van der Waals surface area contributed by atoms with E-state index < -0.39 is 11.8 Å². The Labute approximate surface area is 134 Å². The van der Waals surface area contributed by atoms with E-state index in [1.54, 1.807) is 16.4 Å². The molecule has 0 aromatic carbocycles. The second-order valence-corrected chi connectivity index (χ2v) is 7.04. The summed E-state index contributed by atoms with van der Waals surface area (Å²) in [6.07, 6.45) is 0. The van der Waals surface area contributed by atoms with Crippen molar-refractivity contribution in [3.05, 3.63) is 11.3 Å². The van der Waals surface area contributed by atoms with Crippen molar-refractivity contribution >= 4 is 29.4 Å². The maximum atomic E-state index is 12.1. The Hall–Kier alpha value is -1.54. The third-order valence-electron chi connectivity index (χ3n) is 3.22. The smallest absolute Gasteiger partial charge is 0.314 e. The van der Waals surface area contributed by atoms with Crippen molar-refractivity contribution in [1.29, 1.82) is 0 Å². The van der Waals surface area contributed by atoms with Crippen molar-refractivity contribution in [3.63, 3.8) is 0 Å².